The highest BCUT2D eigenvalue weighted by Crippen LogP contribution is 2.16. The van der Waals surface area contributed by atoms with Gasteiger partial charge in [0.1, 0.15) is 28.8 Å². The molecule has 1 aromatic carbocycles. The van der Waals surface area contributed by atoms with E-state index in [-0.39, 0.29) is 5.91 Å². The van der Waals surface area contributed by atoms with E-state index < -0.39 is 0 Å². The third-order valence-electron chi connectivity index (χ3n) is 3.17. The molecule has 3 aromatic rings. The summed E-state index contributed by atoms with van der Waals surface area (Å²) < 4.78 is 10.8. The molecule has 23 heavy (non-hydrogen) atoms. The highest BCUT2D eigenvalue weighted by molar-refractivity contribution is 7.09. The van der Waals surface area contributed by atoms with Gasteiger partial charge in [-0.25, -0.2) is 4.98 Å². The summed E-state index contributed by atoms with van der Waals surface area (Å²) in [4.78, 5) is 16.3. The van der Waals surface area contributed by atoms with E-state index >= 15 is 0 Å². The molecule has 0 unspecified atom stereocenters. The van der Waals surface area contributed by atoms with E-state index in [9.17, 15) is 4.79 Å². The van der Waals surface area contributed by atoms with Crippen molar-refractivity contribution >= 4 is 17.2 Å². The number of nitrogens with one attached hydrogen (secondary N) is 1. The first kappa shape index (κ1) is 15.3. The molecule has 1 N–H and O–H groups in total. The van der Waals surface area contributed by atoms with Crippen LogP contribution in [0.4, 0.5) is 0 Å². The molecule has 3 rings (SSSR count). The first-order chi connectivity index (χ1) is 11.2. The van der Waals surface area contributed by atoms with Crippen LogP contribution in [0, 0.1) is 6.92 Å². The number of rotatable bonds is 6. The normalized spacial score (nSPS) is 10.5. The number of hydrogen-bond donors (Lipinski definition) is 1. The Morgan fingerprint density at radius 3 is 2.87 bits per heavy atom. The van der Waals surface area contributed by atoms with Crippen LogP contribution < -0.4 is 10.1 Å². The Labute approximate surface area is 137 Å². The van der Waals surface area contributed by atoms with Gasteiger partial charge < -0.3 is 14.5 Å². The lowest BCUT2D eigenvalue weighted by atomic mass is 10.2. The van der Waals surface area contributed by atoms with Crippen molar-refractivity contribution in [3.63, 3.8) is 0 Å². The number of nitrogens with zero attached hydrogens (tertiary/aromatic N) is 1. The van der Waals surface area contributed by atoms with Crippen LogP contribution in [0.5, 0.6) is 5.75 Å². The Morgan fingerprint density at radius 2 is 2.13 bits per heavy atom. The van der Waals surface area contributed by atoms with Crippen molar-refractivity contribution in [3.8, 4) is 5.75 Å². The van der Waals surface area contributed by atoms with Crippen LogP contribution in [0.3, 0.4) is 0 Å². The van der Waals surface area contributed by atoms with Gasteiger partial charge in [-0.05, 0) is 31.2 Å². The highest BCUT2D eigenvalue weighted by Gasteiger charge is 2.11. The van der Waals surface area contributed by atoms with Gasteiger partial charge >= 0.3 is 0 Å². The predicted octanol–water partition coefficient (Wildman–Crippen LogP) is 3.55. The number of benzene rings is 1. The van der Waals surface area contributed by atoms with Gasteiger partial charge in [-0.3, -0.25) is 4.79 Å². The summed E-state index contributed by atoms with van der Waals surface area (Å²) in [7, 11) is 0. The zero-order valence-corrected chi connectivity index (χ0v) is 13.4. The molecular formula is C17H16N2O3S. The largest absolute Gasteiger partial charge is 0.486 e. The summed E-state index contributed by atoms with van der Waals surface area (Å²) in [5.74, 6) is 1.27. The SMILES string of the molecule is Cc1ccc(OCc2nc(C(=O)NCc3ccco3)cs2)cc1. The summed E-state index contributed by atoms with van der Waals surface area (Å²) in [6.45, 7) is 2.72. The topological polar surface area (TPSA) is 64.4 Å². The molecule has 6 heteroatoms. The van der Waals surface area contributed by atoms with Crippen LogP contribution in [0.2, 0.25) is 0 Å². The lowest BCUT2D eigenvalue weighted by Gasteiger charge is -2.04. The van der Waals surface area contributed by atoms with Crippen molar-refractivity contribution in [2.45, 2.75) is 20.1 Å². The first-order valence-corrected chi connectivity index (χ1v) is 8.03. The second kappa shape index (κ2) is 7.11. The number of carbonyl (C=O) groups excluding carboxylic acids is 1. The van der Waals surface area contributed by atoms with Gasteiger partial charge in [0.05, 0.1) is 12.8 Å². The predicted molar refractivity (Wildman–Crippen MR) is 87.5 cm³/mol. The quantitative estimate of drug-likeness (QED) is 0.751. The summed E-state index contributed by atoms with van der Waals surface area (Å²) >= 11 is 1.40. The molecule has 0 radical (unpaired) electrons. The number of aryl methyl sites for hydroxylation is 1. The molecule has 0 bridgehead atoms. The molecule has 0 saturated carbocycles. The van der Waals surface area contributed by atoms with E-state index in [0.29, 0.717) is 24.6 Å². The maximum Gasteiger partial charge on any atom is 0.271 e. The van der Waals surface area contributed by atoms with Gasteiger partial charge in [0.15, 0.2) is 0 Å². The average molecular weight is 328 g/mol. The summed E-state index contributed by atoms with van der Waals surface area (Å²) in [6, 6.07) is 11.4. The number of hydrogen-bond acceptors (Lipinski definition) is 5. The van der Waals surface area contributed by atoms with Crippen LogP contribution in [0.1, 0.15) is 26.8 Å². The van der Waals surface area contributed by atoms with Gasteiger partial charge in [-0.1, -0.05) is 17.7 Å². The molecule has 0 saturated heterocycles. The minimum Gasteiger partial charge on any atom is -0.486 e. The van der Waals surface area contributed by atoms with Crippen LogP contribution in [-0.4, -0.2) is 10.9 Å². The molecule has 0 aliphatic carbocycles. The molecular weight excluding hydrogens is 312 g/mol. The molecule has 118 valence electrons. The molecule has 0 aliphatic heterocycles. The fourth-order valence-electron chi connectivity index (χ4n) is 1.93. The van der Waals surface area contributed by atoms with E-state index in [1.165, 1.54) is 16.9 Å². The van der Waals surface area contributed by atoms with E-state index in [4.69, 9.17) is 9.15 Å². The average Bonchev–Trinajstić information content (AvgIpc) is 3.24. The smallest absolute Gasteiger partial charge is 0.271 e. The molecule has 2 aromatic heterocycles. The maximum atomic E-state index is 12.0. The minimum absolute atomic E-state index is 0.223. The molecule has 1 amide bonds. The molecule has 0 spiro atoms. The number of carbonyl (C=O) groups is 1. The third-order valence-corrected chi connectivity index (χ3v) is 3.99. The molecule has 0 fully saturated rings. The third kappa shape index (κ3) is 4.20. The van der Waals surface area contributed by atoms with Crippen molar-refractivity contribution < 1.29 is 13.9 Å². The van der Waals surface area contributed by atoms with Crippen molar-refractivity contribution in [2.24, 2.45) is 0 Å². The molecule has 0 atom stereocenters. The lowest BCUT2D eigenvalue weighted by Crippen LogP contribution is -2.22. The highest BCUT2D eigenvalue weighted by atomic mass is 32.1. The van der Waals surface area contributed by atoms with Crippen LogP contribution in [-0.2, 0) is 13.2 Å². The zero-order valence-electron chi connectivity index (χ0n) is 12.6. The Bertz CT molecular complexity index is 764. The van der Waals surface area contributed by atoms with Gasteiger partial charge in [0, 0.05) is 5.38 Å². The van der Waals surface area contributed by atoms with Gasteiger partial charge in [0.2, 0.25) is 0 Å². The van der Waals surface area contributed by atoms with Gasteiger partial charge in [-0.2, -0.15) is 0 Å². The number of thiazole rings is 1. The second-order valence-corrected chi connectivity index (χ2v) is 5.93. The van der Waals surface area contributed by atoms with Crippen molar-refractivity contribution in [2.75, 3.05) is 0 Å². The Hall–Kier alpha value is -2.60. The van der Waals surface area contributed by atoms with Crippen LogP contribution in [0.25, 0.3) is 0 Å². The summed E-state index contributed by atoms with van der Waals surface area (Å²) in [5.41, 5.74) is 1.58. The van der Waals surface area contributed by atoms with Gasteiger partial charge in [-0.15, -0.1) is 11.3 Å². The number of furan rings is 1. The first-order valence-electron chi connectivity index (χ1n) is 7.15. The maximum absolute atomic E-state index is 12.0. The lowest BCUT2D eigenvalue weighted by molar-refractivity contribution is 0.0943. The Balaban J connectivity index is 1.52. The van der Waals surface area contributed by atoms with E-state index in [1.807, 2.05) is 37.3 Å². The Morgan fingerprint density at radius 1 is 1.30 bits per heavy atom. The second-order valence-electron chi connectivity index (χ2n) is 4.99. The van der Waals surface area contributed by atoms with Crippen LogP contribution in [0.15, 0.2) is 52.5 Å². The van der Waals surface area contributed by atoms with E-state index in [2.05, 4.69) is 10.3 Å². The van der Waals surface area contributed by atoms with Crippen molar-refractivity contribution in [1.29, 1.82) is 0 Å². The van der Waals surface area contributed by atoms with E-state index in [0.717, 1.165) is 10.8 Å². The number of amides is 1. The van der Waals surface area contributed by atoms with Crippen molar-refractivity contribution in [1.82, 2.24) is 10.3 Å². The molecule has 5 nitrogen and oxygen atoms in total. The Kier molecular flexibility index (Phi) is 4.73. The fraction of sp³-hybridized carbons (Fsp3) is 0.176. The summed E-state index contributed by atoms with van der Waals surface area (Å²) in [6.07, 6.45) is 1.57. The molecule has 2 heterocycles. The standard InChI is InChI=1S/C17H16N2O3S/c1-12-4-6-13(7-5-12)22-10-16-19-15(11-23-16)17(20)18-9-14-3-2-8-21-14/h2-8,11H,9-10H2,1H3,(H,18,20). The van der Waals surface area contributed by atoms with Crippen molar-refractivity contribution in [3.05, 3.63) is 70.1 Å². The number of ether oxygens (including phenoxy) is 1. The fourth-order valence-corrected chi connectivity index (χ4v) is 2.62. The summed E-state index contributed by atoms with van der Waals surface area (Å²) in [5, 5.41) is 5.25. The minimum atomic E-state index is -0.223. The van der Waals surface area contributed by atoms with E-state index in [1.54, 1.807) is 17.7 Å². The zero-order chi connectivity index (χ0) is 16.1. The number of aromatic nitrogens is 1. The van der Waals surface area contributed by atoms with Crippen LogP contribution >= 0.6 is 11.3 Å². The van der Waals surface area contributed by atoms with Gasteiger partial charge in [0.25, 0.3) is 5.91 Å². The molecule has 0 aliphatic rings. The monoisotopic (exact) mass is 328 g/mol.